The summed E-state index contributed by atoms with van der Waals surface area (Å²) in [6, 6.07) is 0. The zero-order valence-electron chi connectivity index (χ0n) is 20.4. The van der Waals surface area contributed by atoms with Crippen LogP contribution in [0.3, 0.4) is 0 Å². The molecule has 10 heteroatoms. The van der Waals surface area contributed by atoms with Crippen molar-refractivity contribution in [2.24, 2.45) is 0 Å². The van der Waals surface area contributed by atoms with Gasteiger partial charge in [0.05, 0.1) is 38.6 Å². The molecule has 10 nitrogen and oxygen atoms in total. The highest BCUT2D eigenvalue weighted by atomic mass is 16.5. The second-order valence-corrected chi connectivity index (χ2v) is 7.76. The van der Waals surface area contributed by atoms with Crippen molar-refractivity contribution >= 4 is 12.2 Å². The number of likely N-dealkylation sites (N-methyl/N-ethyl adjacent to an activating group) is 1. The molecule has 0 heterocycles. The summed E-state index contributed by atoms with van der Waals surface area (Å²) < 4.78 is 17.4. The van der Waals surface area contributed by atoms with E-state index in [1.807, 2.05) is 21.1 Å². The Morgan fingerprint density at radius 3 is 2.00 bits per heavy atom. The number of rotatable bonds is 25. The molecule has 0 aliphatic rings. The first kappa shape index (κ1) is 30.9. The van der Waals surface area contributed by atoms with Gasteiger partial charge in [0.25, 0.3) is 0 Å². The molecule has 0 saturated carbocycles. The summed E-state index contributed by atoms with van der Waals surface area (Å²) in [5.74, 6) is -0.0168. The van der Waals surface area contributed by atoms with Gasteiger partial charge in [0.1, 0.15) is 6.29 Å². The van der Waals surface area contributed by atoms with Crippen molar-refractivity contribution in [1.29, 1.82) is 0 Å². The lowest BCUT2D eigenvalue weighted by Gasteiger charge is -2.33. The van der Waals surface area contributed by atoms with E-state index in [9.17, 15) is 9.59 Å². The van der Waals surface area contributed by atoms with Crippen molar-refractivity contribution in [3.63, 3.8) is 0 Å². The topological polar surface area (TPSA) is 122 Å². The van der Waals surface area contributed by atoms with Crippen LogP contribution in [0, 0.1) is 0 Å². The normalized spacial score (nSPS) is 13.1. The maximum absolute atomic E-state index is 11.9. The van der Waals surface area contributed by atoms with E-state index in [0.717, 1.165) is 51.7 Å². The monoisotopic (exact) mass is 461 g/mol. The van der Waals surface area contributed by atoms with Crippen LogP contribution in [0.1, 0.15) is 32.1 Å². The van der Waals surface area contributed by atoms with Gasteiger partial charge in [0.15, 0.2) is 0 Å². The molecule has 0 aliphatic carbocycles. The van der Waals surface area contributed by atoms with Crippen molar-refractivity contribution in [3.05, 3.63) is 0 Å². The van der Waals surface area contributed by atoms with Gasteiger partial charge in [-0.25, -0.2) is 0 Å². The Hall–Kier alpha value is -1.14. The van der Waals surface area contributed by atoms with Crippen LogP contribution in [-0.2, 0) is 23.8 Å². The summed E-state index contributed by atoms with van der Waals surface area (Å²) in [5, 5.41) is 15.7. The summed E-state index contributed by atoms with van der Waals surface area (Å²) in [6.07, 6.45) is 4.42. The maximum Gasteiger partial charge on any atom is 0.222 e. The van der Waals surface area contributed by atoms with Gasteiger partial charge >= 0.3 is 0 Å². The van der Waals surface area contributed by atoms with Crippen LogP contribution in [0.15, 0.2) is 0 Å². The molecule has 1 amide bonds. The largest absolute Gasteiger partial charge is 0.379 e. The molecule has 0 aromatic carbocycles. The molecule has 0 radical (unpaired) electrons. The summed E-state index contributed by atoms with van der Waals surface area (Å²) in [4.78, 5) is 22.4. The average Bonchev–Trinajstić information content (AvgIpc) is 2.80. The number of carbonyl (C=O) groups excluding carboxylic acids is 2. The van der Waals surface area contributed by atoms with E-state index >= 15 is 0 Å². The third-order valence-corrected chi connectivity index (χ3v) is 4.87. The molecule has 0 spiro atoms. The molecule has 0 aromatic heterocycles. The highest BCUT2D eigenvalue weighted by Crippen LogP contribution is 2.09. The fourth-order valence-electron chi connectivity index (χ4n) is 2.84. The fourth-order valence-corrected chi connectivity index (χ4v) is 2.84. The highest BCUT2D eigenvalue weighted by molar-refractivity contribution is 5.75. The smallest absolute Gasteiger partial charge is 0.222 e. The minimum atomic E-state index is -0.535. The van der Waals surface area contributed by atoms with E-state index in [1.54, 1.807) is 0 Å². The quantitative estimate of drug-likeness (QED) is 0.0886. The Bertz CT molecular complexity index is 445. The Labute approximate surface area is 194 Å². The van der Waals surface area contributed by atoms with Crippen molar-refractivity contribution in [2.75, 3.05) is 93.5 Å². The maximum atomic E-state index is 11.9. The molecule has 32 heavy (non-hydrogen) atoms. The second-order valence-electron chi connectivity index (χ2n) is 7.76. The zero-order valence-corrected chi connectivity index (χ0v) is 20.4. The van der Waals surface area contributed by atoms with Gasteiger partial charge in [-0.05, 0) is 66.6 Å². The van der Waals surface area contributed by atoms with Gasteiger partial charge in [-0.3, -0.25) is 4.79 Å². The number of hydrogen-bond acceptors (Lipinski definition) is 9. The van der Waals surface area contributed by atoms with E-state index in [2.05, 4.69) is 26.6 Å². The van der Waals surface area contributed by atoms with Crippen molar-refractivity contribution in [3.8, 4) is 0 Å². The third-order valence-electron chi connectivity index (χ3n) is 4.87. The van der Waals surface area contributed by atoms with Crippen LogP contribution >= 0.6 is 0 Å². The van der Waals surface area contributed by atoms with E-state index in [-0.39, 0.29) is 5.91 Å². The molecular formula is C22H47N5O5. The van der Waals surface area contributed by atoms with E-state index in [4.69, 9.17) is 14.2 Å². The molecule has 0 rings (SSSR count). The number of amides is 1. The number of aldehydes is 1. The molecule has 0 saturated heterocycles. The van der Waals surface area contributed by atoms with Crippen molar-refractivity contribution in [1.82, 2.24) is 26.6 Å². The Balaban J connectivity index is 4.25. The molecule has 1 atom stereocenters. The first-order valence-corrected chi connectivity index (χ1v) is 11.8. The highest BCUT2D eigenvalue weighted by Gasteiger charge is 2.29. The Morgan fingerprint density at radius 2 is 1.38 bits per heavy atom. The van der Waals surface area contributed by atoms with Crippen LogP contribution < -0.4 is 26.6 Å². The van der Waals surface area contributed by atoms with Crippen LogP contribution in [0.4, 0.5) is 0 Å². The average molecular weight is 462 g/mol. The molecule has 0 fully saturated rings. The van der Waals surface area contributed by atoms with Crippen LogP contribution in [0.2, 0.25) is 0 Å². The fraction of sp³-hybridized carbons (Fsp3) is 0.909. The Morgan fingerprint density at radius 1 is 0.781 bits per heavy atom. The molecule has 1 unspecified atom stereocenters. The number of hydrogen-bond donors (Lipinski definition) is 5. The Kier molecular flexibility index (Phi) is 22.2. The van der Waals surface area contributed by atoms with E-state index in [0.29, 0.717) is 59.0 Å². The summed E-state index contributed by atoms with van der Waals surface area (Å²) in [7, 11) is 5.68. The third kappa shape index (κ3) is 18.4. The number of carbonyl (C=O) groups is 2. The number of nitrogens with one attached hydrogen (secondary N) is 5. The standard InChI is InChI=1S/C22H47N5O5/c1-23-9-4-11-26-12-6-15-30-18-22(25-3,19-31-16-7-14-28)20-32-17-8-21(29)27-13-5-10-24-2/h14,23-26H,4-13,15-20H2,1-3H3,(H,27,29). The predicted octanol–water partition coefficient (Wildman–Crippen LogP) is -0.712. The summed E-state index contributed by atoms with van der Waals surface area (Å²) in [6.45, 7) is 6.87. The first-order valence-electron chi connectivity index (χ1n) is 11.8. The minimum Gasteiger partial charge on any atom is -0.379 e. The predicted molar refractivity (Wildman–Crippen MR) is 127 cm³/mol. The SMILES string of the molecule is CNCCCNCCCOCC(COCCC=O)(COCCC(=O)NCCCNC)NC. The van der Waals surface area contributed by atoms with Gasteiger partial charge < -0.3 is 45.6 Å². The molecular weight excluding hydrogens is 414 g/mol. The summed E-state index contributed by atoms with van der Waals surface area (Å²) >= 11 is 0. The van der Waals surface area contributed by atoms with Crippen LogP contribution in [-0.4, -0.2) is 111 Å². The van der Waals surface area contributed by atoms with Crippen molar-refractivity contribution < 1.29 is 23.8 Å². The first-order chi connectivity index (χ1) is 15.6. The molecule has 0 bridgehead atoms. The molecule has 5 N–H and O–H groups in total. The van der Waals surface area contributed by atoms with Gasteiger partial charge in [-0.1, -0.05) is 0 Å². The van der Waals surface area contributed by atoms with Gasteiger partial charge in [-0.2, -0.15) is 0 Å². The molecule has 190 valence electrons. The molecule has 0 aliphatic heterocycles. The van der Waals surface area contributed by atoms with E-state index in [1.165, 1.54) is 0 Å². The van der Waals surface area contributed by atoms with Crippen LogP contribution in [0.5, 0.6) is 0 Å². The minimum absolute atomic E-state index is 0.0168. The van der Waals surface area contributed by atoms with Crippen molar-refractivity contribution in [2.45, 2.75) is 37.6 Å². The summed E-state index contributed by atoms with van der Waals surface area (Å²) in [5.41, 5.74) is -0.535. The molecule has 0 aromatic rings. The zero-order chi connectivity index (χ0) is 23.8. The lowest BCUT2D eigenvalue weighted by molar-refractivity contribution is -0.122. The van der Waals surface area contributed by atoms with Gasteiger partial charge in [0, 0.05) is 26.0 Å². The van der Waals surface area contributed by atoms with Gasteiger partial charge in [-0.15, -0.1) is 0 Å². The van der Waals surface area contributed by atoms with Gasteiger partial charge in [0.2, 0.25) is 5.91 Å². The lowest BCUT2D eigenvalue weighted by Crippen LogP contribution is -2.55. The van der Waals surface area contributed by atoms with E-state index < -0.39 is 5.54 Å². The second kappa shape index (κ2) is 23.0. The lowest BCUT2D eigenvalue weighted by atomic mass is 10.0. The van der Waals surface area contributed by atoms with Crippen LogP contribution in [0.25, 0.3) is 0 Å². The number of ether oxygens (including phenoxy) is 3.